The predicted molar refractivity (Wildman–Crippen MR) is 424 cm³/mol. The van der Waals surface area contributed by atoms with Gasteiger partial charge in [0.15, 0.2) is 18.9 Å². The summed E-state index contributed by atoms with van der Waals surface area (Å²) in [5, 5.41) is 118. The van der Waals surface area contributed by atoms with Crippen LogP contribution < -0.4 is 16.0 Å². The number of amides is 4. The van der Waals surface area contributed by atoms with Gasteiger partial charge in [-0.25, -0.2) is 0 Å². The summed E-state index contributed by atoms with van der Waals surface area (Å²) >= 11 is 0. The SMILES string of the molecule is CC1C(OCCCCC(=O)CCCCCC(=O)CCOCC(COCCC(=O)CCCCCC(=O)CCCCOC2OC(CO)C(O)C(O)C2C)(COCCC(=O)NCCCNC(=O)CCCCOC2OC(CO)C(O)C(O)C2C)CC(=O)CCCCC(=O)NCCSSCCCC(=O)N2C[C@H](O)C[C@H]2CO)OC(CO)C(O)C1O. The topological polar surface area (TPSA) is 499 Å². The zero-order valence-corrected chi connectivity index (χ0v) is 69.8. The summed E-state index contributed by atoms with van der Waals surface area (Å²) in [6.07, 6.45) is -1.22. The molecule has 0 saturated carbocycles. The average molecular weight is 1690 g/mol. The minimum Gasteiger partial charge on any atom is -0.394 e. The number of hydrogen-bond acceptors (Lipinski definition) is 31. The second-order valence-electron chi connectivity index (χ2n) is 31.2. The van der Waals surface area contributed by atoms with E-state index in [4.69, 9.17) is 42.6 Å². The summed E-state index contributed by atoms with van der Waals surface area (Å²) in [6.45, 7) is 4.99. The first-order valence-electron chi connectivity index (χ1n) is 41.9. The molecule has 33 nitrogen and oxygen atoms in total. The Morgan fingerprint density at radius 3 is 1.14 bits per heavy atom. The van der Waals surface area contributed by atoms with Crippen molar-refractivity contribution >= 4 is 74.1 Å². The summed E-state index contributed by atoms with van der Waals surface area (Å²) in [7, 11) is 3.16. The van der Waals surface area contributed by atoms with Gasteiger partial charge in [-0.1, -0.05) is 55.2 Å². The number of Topliss-reactive ketones (excluding diaryl/α,β-unsaturated/α-hetero) is 5. The summed E-state index contributed by atoms with van der Waals surface area (Å²) < 4.78 is 52.7. The number of unbranched alkanes of at least 4 members (excludes halogenated alkanes) is 8. The fraction of sp³-hybridized carbons (Fsp3) is 0.887. The van der Waals surface area contributed by atoms with Crippen LogP contribution in [0.3, 0.4) is 0 Å². The summed E-state index contributed by atoms with van der Waals surface area (Å²) in [6, 6.07) is -0.360. The van der Waals surface area contributed by atoms with Gasteiger partial charge < -0.3 is 120 Å². The molecule has 17 atom stereocenters. The highest BCUT2D eigenvalue weighted by Crippen LogP contribution is 2.32. The fourth-order valence-corrected chi connectivity index (χ4v) is 16.0. The molecular formula is C80H140N4O29S2. The second kappa shape index (κ2) is 60.6. The Kier molecular flexibility index (Phi) is 54.5. The number of aliphatic hydroxyl groups is 11. The van der Waals surface area contributed by atoms with E-state index < -0.39 is 123 Å². The van der Waals surface area contributed by atoms with E-state index in [9.17, 15) is 99.3 Å². The van der Waals surface area contributed by atoms with Crippen LogP contribution in [-0.2, 0) is 85.8 Å². The molecule has 4 fully saturated rings. The molecule has 0 aromatic carbocycles. The van der Waals surface area contributed by atoms with Crippen LogP contribution in [0.1, 0.15) is 220 Å². The lowest BCUT2D eigenvalue weighted by molar-refractivity contribution is -0.282. The maximum Gasteiger partial charge on any atom is 0.223 e. The minimum absolute atomic E-state index is 0.000445. The number of carbonyl (C=O) groups excluding carboxylic acids is 9. The molecule has 0 aromatic rings. The number of aliphatic hydroxyl groups excluding tert-OH is 11. The lowest BCUT2D eigenvalue weighted by Crippen LogP contribution is -2.55. The van der Waals surface area contributed by atoms with Crippen LogP contribution in [0.15, 0.2) is 0 Å². The van der Waals surface area contributed by atoms with E-state index in [0.29, 0.717) is 166 Å². The van der Waals surface area contributed by atoms with Crippen molar-refractivity contribution in [2.45, 2.75) is 306 Å². The van der Waals surface area contributed by atoms with Gasteiger partial charge in [-0.05, 0) is 96.3 Å². The fourth-order valence-electron chi connectivity index (χ4n) is 14.0. The van der Waals surface area contributed by atoms with Crippen molar-refractivity contribution in [1.82, 2.24) is 20.9 Å². The molecule has 4 amide bonds. The first-order valence-corrected chi connectivity index (χ1v) is 44.4. The molecule has 0 aromatic heterocycles. The predicted octanol–water partition coefficient (Wildman–Crippen LogP) is 2.53. The Morgan fingerprint density at radius 2 is 0.722 bits per heavy atom. The number of ketones is 5. The van der Waals surface area contributed by atoms with Crippen molar-refractivity contribution < 1.29 is 142 Å². The van der Waals surface area contributed by atoms with Crippen LogP contribution in [0.25, 0.3) is 0 Å². The molecule has 15 unspecified atom stereocenters. The molecule has 4 aliphatic heterocycles. The first kappa shape index (κ1) is 103. The number of hydrogen-bond donors (Lipinski definition) is 14. The summed E-state index contributed by atoms with van der Waals surface area (Å²) in [4.78, 5) is 119. The number of β-amino-alcohol motifs (C(OH)–C–C–N with tert-alkyl or cyclic N) is 1. The van der Waals surface area contributed by atoms with Gasteiger partial charge >= 0.3 is 0 Å². The van der Waals surface area contributed by atoms with Crippen molar-refractivity contribution in [3.63, 3.8) is 0 Å². The monoisotopic (exact) mass is 1680 g/mol. The standard InChI is InChI=1S/C80H140N4O29S2/c1-54-71(99)74(102)64(48-86)111-77(54)108-36-15-12-24-58(89)20-6-4-8-22-60(91)30-39-105-51-80(45-62(93)26-10-11-27-68(96)83-35-43-115-114-42-18-29-70(98)84-46-63(94)44-57(84)47-85,52-106-40-31-61(92)23-9-5-7-21-59(90)25-13-16-37-109-78-55(2)72(100)75(103)65(49-87)112-78)53-107-41-32-69(97)82-34-19-33-81-67(95)28-14-17-38-110-79-56(3)73(101)76(104)66(50-88)113-79/h54-57,63-66,71-79,85-88,94,99-104H,4-53H2,1-3H3,(H,81,95)(H,82,97)(H,83,96)/t54?,55?,56?,57-,63+,64?,65?,66?,71?,72?,73?,74?,75?,76?,77?,78?,79?,80?/m0/s1. The minimum atomic E-state index is -1.24. The zero-order chi connectivity index (χ0) is 84.3. The number of rotatable bonds is 68. The van der Waals surface area contributed by atoms with Gasteiger partial charge in [-0.3, -0.25) is 43.2 Å². The highest BCUT2D eigenvalue weighted by Gasteiger charge is 2.45. The molecule has 0 radical (unpaired) electrons. The molecule has 4 saturated heterocycles. The normalized spacial score (nSPS) is 26.1. The molecule has 4 rings (SSSR count). The Morgan fingerprint density at radius 1 is 0.374 bits per heavy atom. The lowest BCUT2D eigenvalue weighted by atomic mass is 9.84. The Hall–Kier alpha value is -3.87. The number of ether oxygens (including phenoxy) is 9. The third kappa shape index (κ3) is 42.0. The van der Waals surface area contributed by atoms with Crippen LogP contribution in [0.4, 0.5) is 0 Å². The highest BCUT2D eigenvalue weighted by atomic mass is 33.1. The van der Waals surface area contributed by atoms with E-state index in [1.165, 1.54) is 0 Å². The molecule has 0 bridgehead atoms. The summed E-state index contributed by atoms with van der Waals surface area (Å²) in [5.74, 6) is -1.15. The third-order valence-electron chi connectivity index (χ3n) is 21.3. The van der Waals surface area contributed by atoms with Crippen molar-refractivity contribution in [2.24, 2.45) is 23.2 Å². The smallest absolute Gasteiger partial charge is 0.223 e. The molecule has 4 aliphatic rings. The second-order valence-corrected chi connectivity index (χ2v) is 33.9. The van der Waals surface area contributed by atoms with Crippen molar-refractivity contribution in [1.29, 1.82) is 0 Å². The van der Waals surface area contributed by atoms with Crippen molar-refractivity contribution in [3.05, 3.63) is 0 Å². The molecular weight excluding hydrogens is 1550 g/mol. The molecule has 666 valence electrons. The van der Waals surface area contributed by atoms with Crippen LogP contribution >= 0.6 is 21.6 Å². The van der Waals surface area contributed by atoms with Gasteiger partial charge in [0.05, 0.1) is 96.5 Å². The molecule has 4 heterocycles. The average Bonchev–Trinajstić information content (AvgIpc) is 1.48. The van der Waals surface area contributed by atoms with E-state index >= 15 is 0 Å². The van der Waals surface area contributed by atoms with Gasteiger partial charge in [-0.15, -0.1) is 0 Å². The van der Waals surface area contributed by atoms with Gasteiger partial charge in [0, 0.05) is 171 Å². The maximum absolute atomic E-state index is 14.1. The zero-order valence-electron chi connectivity index (χ0n) is 68.2. The first-order chi connectivity index (χ1) is 55.3. The summed E-state index contributed by atoms with van der Waals surface area (Å²) in [5.41, 5.74) is -1.16. The molecule has 0 aliphatic carbocycles. The molecule has 14 N–H and O–H groups in total. The van der Waals surface area contributed by atoms with Crippen molar-refractivity contribution in [3.8, 4) is 0 Å². The molecule has 115 heavy (non-hydrogen) atoms. The van der Waals surface area contributed by atoms with Crippen LogP contribution in [0, 0.1) is 23.2 Å². The quantitative estimate of drug-likeness (QED) is 0.0307. The molecule has 0 spiro atoms. The third-order valence-corrected chi connectivity index (χ3v) is 23.8. The van der Waals surface area contributed by atoms with Gasteiger partial charge in [-0.2, -0.15) is 0 Å². The highest BCUT2D eigenvalue weighted by molar-refractivity contribution is 8.76. The number of likely N-dealkylation sites (tertiary alicyclic amines) is 1. The van der Waals surface area contributed by atoms with Gasteiger partial charge in [0.2, 0.25) is 23.6 Å². The Labute approximate surface area is 686 Å². The maximum atomic E-state index is 14.1. The number of nitrogens with zero attached hydrogens (tertiary/aromatic N) is 1. The van der Waals surface area contributed by atoms with Crippen LogP contribution in [0.5, 0.6) is 0 Å². The number of nitrogens with one attached hydrogen (secondary N) is 3. The van der Waals surface area contributed by atoms with Gasteiger partial charge in [0.25, 0.3) is 0 Å². The van der Waals surface area contributed by atoms with E-state index in [1.807, 2.05) is 0 Å². The van der Waals surface area contributed by atoms with E-state index in [2.05, 4.69) is 16.0 Å². The molecule has 35 heteroatoms. The Balaban J connectivity index is 1.27. The van der Waals surface area contributed by atoms with Crippen molar-refractivity contribution in [2.75, 3.05) is 124 Å². The van der Waals surface area contributed by atoms with Crippen LogP contribution in [0.2, 0.25) is 0 Å². The van der Waals surface area contributed by atoms with E-state index in [-0.39, 0.29) is 196 Å². The van der Waals surface area contributed by atoms with E-state index in [1.54, 1.807) is 47.3 Å². The number of carbonyl (C=O) groups is 9. The largest absolute Gasteiger partial charge is 0.394 e. The van der Waals surface area contributed by atoms with Gasteiger partial charge in [0.1, 0.15) is 65.5 Å². The Bertz CT molecular complexity index is 2540. The lowest BCUT2D eigenvalue weighted by Gasteiger charge is -2.40. The van der Waals surface area contributed by atoms with E-state index in [0.717, 1.165) is 0 Å². The van der Waals surface area contributed by atoms with Crippen LogP contribution in [-0.4, -0.2) is 323 Å².